The zero-order valence-electron chi connectivity index (χ0n) is 13.9. The van der Waals surface area contributed by atoms with E-state index in [0.717, 1.165) is 0 Å². The molecule has 1 atom stereocenters. The van der Waals surface area contributed by atoms with Crippen LogP contribution in [0.15, 0.2) is 18.2 Å². The van der Waals surface area contributed by atoms with Crippen LogP contribution in [0.4, 0.5) is 4.79 Å². The van der Waals surface area contributed by atoms with Crippen LogP contribution in [0.3, 0.4) is 0 Å². The van der Waals surface area contributed by atoms with Gasteiger partial charge in [-0.25, -0.2) is 4.79 Å². The van der Waals surface area contributed by atoms with E-state index in [1.54, 1.807) is 13.0 Å². The van der Waals surface area contributed by atoms with Crippen molar-refractivity contribution in [2.45, 2.75) is 39.0 Å². The fourth-order valence-electron chi connectivity index (χ4n) is 2.59. The summed E-state index contributed by atoms with van der Waals surface area (Å²) in [6.07, 6.45) is -0.878. The van der Waals surface area contributed by atoms with Crippen LogP contribution in [0.2, 0.25) is 0 Å². The fourth-order valence-corrected chi connectivity index (χ4v) is 2.59. The van der Waals surface area contributed by atoms with Gasteiger partial charge < -0.3 is 24.7 Å². The van der Waals surface area contributed by atoms with Crippen LogP contribution < -0.4 is 10.1 Å². The summed E-state index contributed by atoms with van der Waals surface area (Å²) in [6, 6.07) is 4.61. The molecule has 1 heterocycles. The molecule has 0 bridgehead atoms. The van der Waals surface area contributed by atoms with E-state index in [2.05, 4.69) is 15.0 Å². The largest absolute Gasteiger partial charge is 0.514 e. The number of aromatic hydroxyl groups is 1. The van der Waals surface area contributed by atoms with E-state index in [4.69, 9.17) is 4.74 Å². The summed E-state index contributed by atoms with van der Waals surface area (Å²) in [5.74, 6) is 0.0937. The van der Waals surface area contributed by atoms with Crippen molar-refractivity contribution in [3.8, 4) is 11.6 Å². The number of carbonyl (C=O) groups is 1. The van der Waals surface area contributed by atoms with Crippen LogP contribution in [0.1, 0.15) is 33.3 Å². The Morgan fingerprint density at radius 2 is 1.91 bits per heavy atom. The molecule has 2 aromatic rings. The minimum Gasteiger partial charge on any atom is -0.506 e. The molecule has 2 rings (SSSR count). The molecule has 4 N–H and O–H groups in total. The third-order valence-corrected chi connectivity index (χ3v) is 3.25. The normalized spacial score (nSPS) is 14.5. The van der Waals surface area contributed by atoms with Gasteiger partial charge in [-0.2, -0.15) is 0 Å². The zero-order valence-corrected chi connectivity index (χ0v) is 13.9. The minimum absolute atomic E-state index is 0.0185. The lowest BCUT2D eigenvalue weighted by Crippen LogP contribution is -2.50. The van der Waals surface area contributed by atoms with Crippen molar-refractivity contribution in [3.63, 3.8) is 0 Å². The summed E-state index contributed by atoms with van der Waals surface area (Å²) in [4.78, 5) is 14.0. The van der Waals surface area contributed by atoms with Crippen LogP contribution >= 0.6 is 0 Å². The first kappa shape index (κ1) is 17.1. The van der Waals surface area contributed by atoms with E-state index in [0.29, 0.717) is 16.5 Å². The SMILES string of the molecule is COC(=O)Oc1cc2c(C(C)(O)NC(C)(C)C)ccc(O)c2[nH]1. The lowest BCUT2D eigenvalue weighted by atomic mass is 9.96. The van der Waals surface area contributed by atoms with Gasteiger partial charge in [0, 0.05) is 22.6 Å². The number of methoxy groups -OCH3 is 1. The number of nitrogens with one attached hydrogen (secondary N) is 2. The molecule has 0 amide bonds. The van der Waals surface area contributed by atoms with Gasteiger partial charge in [0.05, 0.1) is 12.6 Å². The van der Waals surface area contributed by atoms with Crippen LogP contribution in [-0.4, -0.2) is 34.0 Å². The summed E-state index contributed by atoms with van der Waals surface area (Å²) < 4.78 is 9.38. The number of hydrogen-bond donors (Lipinski definition) is 4. The number of ether oxygens (including phenoxy) is 2. The molecular formula is C16H22N2O5. The topological polar surface area (TPSA) is 104 Å². The summed E-state index contributed by atoms with van der Waals surface area (Å²) in [5, 5.41) is 24.4. The Labute approximate surface area is 134 Å². The van der Waals surface area contributed by atoms with Gasteiger partial charge in [0.25, 0.3) is 0 Å². The number of carbonyl (C=O) groups excluding carboxylic acids is 1. The summed E-state index contributed by atoms with van der Waals surface area (Å²) in [6.45, 7) is 7.42. The molecule has 0 spiro atoms. The summed E-state index contributed by atoms with van der Waals surface area (Å²) >= 11 is 0. The average molecular weight is 322 g/mol. The van der Waals surface area contributed by atoms with E-state index >= 15 is 0 Å². The van der Waals surface area contributed by atoms with Crippen LogP contribution in [0, 0.1) is 0 Å². The predicted molar refractivity (Wildman–Crippen MR) is 85.5 cm³/mol. The number of phenols is 1. The molecule has 0 aliphatic heterocycles. The number of aromatic nitrogens is 1. The van der Waals surface area contributed by atoms with Gasteiger partial charge in [-0.1, -0.05) is 6.07 Å². The third-order valence-electron chi connectivity index (χ3n) is 3.25. The molecule has 0 aliphatic rings. The number of fused-ring (bicyclic) bond motifs is 1. The quantitative estimate of drug-likeness (QED) is 0.511. The number of phenolic OH excluding ortho intramolecular Hbond substituents is 1. The standard InChI is InChI=1S/C16H22N2O5/c1-15(2,3)18-16(4,21)10-6-7-11(19)13-9(10)8-12(17-13)23-14(20)22-5/h6-8,17-19,21H,1-5H3. The predicted octanol–water partition coefficient (Wildman–Crippen LogP) is 2.57. The maximum atomic E-state index is 11.2. The molecule has 0 aliphatic carbocycles. The highest BCUT2D eigenvalue weighted by atomic mass is 16.7. The van der Waals surface area contributed by atoms with Crippen molar-refractivity contribution in [3.05, 3.63) is 23.8 Å². The van der Waals surface area contributed by atoms with Crippen LogP contribution in [0.25, 0.3) is 10.9 Å². The maximum Gasteiger partial charge on any atom is 0.514 e. The monoisotopic (exact) mass is 322 g/mol. The number of rotatable bonds is 3. The van der Waals surface area contributed by atoms with Gasteiger partial charge in [0.1, 0.15) is 11.5 Å². The molecule has 0 fully saturated rings. The maximum absolute atomic E-state index is 11.2. The van der Waals surface area contributed by atoms with E-state index in [1.807, 2.05) is 20.8 Å². The Balaban J connectivity index is 2.53. The number of aromatic amines is 1. The van der Waals surface area contributed by atoms with Crippen molar-refractivity contribution in [1.82, 2.24) is 10.3 Å². The Hall–Kier alpha value is -2.25. The smallest absolute Gasteiger partial charge is 0.506 e. The average Bonchev–Trinajstić information content (AvgIpc) is 2.79. The Bertz CT molecular complexity index is 728. The van der Waals surface area contributed by atoms with Crippen molar-refractivity contribution < 1.29 is 24.5 Å². The second kappa shape index (κ2) is 5.75. The van der Waals surface area contributed by atoms with Gasteiger partial charge in [0.2, 0.25) is 5.88 Å². The number of benzene rings is 1. The molecule has 1 unspecified atom stereocenters. The number of aliphatic hydroxyl groups is 1. The highest BCUT2D eigenvalue weighted by Gasteiger charge is 2.31. The number of hydrogen-bond acceptors (Lipinski definition) is 6. The zero-order chi connectivity index (χ0) is 17.4. The van der Waals surface area contributed by atoms with Crippen molar-refractivity contribution >= 4 is 17.1 Å². The minimum atomic E-state index is -1.35. The second-order valence-corrected chi connectivity index (χ2v) is 6.56. The second-order valence-electron chi connectivity index (χ2n) is 6.56. The molecule has 7 nitrogen and oxygen atoms in total. The van der Waals surface area contributed by atoms with Gasteiger partial charge >= 0.3 is 6.16 Å². The highest BCUT2D eigenvalue weighted by molar-refractivity contribution is 5.90. The first-order chi connectivity index (χ1) is 10.5. The van der Waals surface area contributed by atoms with Crippen molar-refractivity contribution in [2.24, 2.45) is 0 Å². The van der Waals surface area contributed by atoms with E-state index in [-0.39, 0.29) is 17.2 Å². The van der Waals surface area contributed by atoms with Crippen molar-refractivity contribution in [2.75, 3.05) is 7.11 Å². The summed E-state index contributed by atoms with van der Waals surface area (Å²) in [5.41, 5.74) is -0.793. The fraction of sp³-hybridized carbons (Fsp3) is 0.438. The van der Waals surface area contributed by atoms with Gasteiger partial charge in [-0.05, 0) is 33.8 Å². The Morgan fingerprint density at radius 3 is 2.48 bits per heavy atom. The Kier molecular flexibility index (Phi) is 4.28. The van der Waals surface area contributed by atoms with E-state index in [9.17, 15) is 15.0 Å². The molecule has 0 radical (unpaired) electrons. The molecular weight excluding hydrogens is 300 g/mol. The molecule has 1 aromatic carbocycles. The van der Waals surface area contributed by atoms with Gasteiger partial charge in [0.15, 0.2) is 0 Å². The van der Waals surface area contributed by atoms with Gasteiger partial charge in [-0.15, -0.1) is 0 Å². The van der Waals surface area contributed by atoms with Crippen LogP contribution in [0.5, 0.6) is 11.6 Å². The van der Waals surface area contributed by atoms with E-state index < -0.39 is 11.9 Å². The molecule has 7 heteroatoms. The first-order valence-electron chi connectivity index (χ1n) is 7.16. The van der Waals surface area contributed by atoms with Gasteiger partial charge in [-0.3, -0.25) is 5.32 Å². The molecule has 0 saturated carbocycles. The molecule has 1 aromatic heterocycles. The first-order valence-corrected chi connectivity index (χ1v) is 7.16. The number of H-pyrrole nitrogens is 1. The lowest BCUT2D eigenvalue weighted by molar-refractivity contribution is -0.00281. The van der Waals surface area contributed by atoms with Crippen molar-refractivity contribution in [1.29, 1.82) is 0 Å². The summed E-state index contributed by atoms with van der Waals surface area (Å²) in [7, 11) is 1.20. The van der Waals surface area contributed by atoms with Crippen LogP contribution in [-0.2, 0) is 10.5 Å². The molecule has 0 saturated heterocycles. The molecule has 23 heavy (non-hydrogen) atoms. The van der Waals surface area contributed by atoms with E-state index in [1.165, 1.54) is 19.2 Å². The lowest BCUT2D eigenvalue weighted by Gasteiger charge is -2.34. The highest BCUT2D eigenvalue weighted by Crippen LogP contribution is 2.35. The third kappa shape index (κ3) is 3.75. The Morgan fingerprint density at radius 1 is 1.26 bits per heavy atom. The molecule has 126 valence electrons.